The van der Waals surface area contributed by atoms with Crippen LogP contribution in [0.25, 0.3) is 6.08 Å². The van der Waals surface area contributed by atoms with E-state index in [1.54, 1.807) is 30.3 Å². The summed E-state index contributed by atoms with van der Waals surface area (Å²) in [7, 11) is -3.31. The number of amides is 1. The molecule has 1 amide bonds. The lowest BCUT2D eigenvalue weighted by Gasteiger charge is -2.08. The van der Waals surface area contributed by atoms with Gasteiger partial charge >= 0.3 is 0 Å². The van der Waals surface area contributed by atoms with Crippen LogP contribution < -0.4 is 14.8 Å². The van der Waals surface area contributed by atoms with Gasteiger partial charge in [0.2, 0.25) is 15.9 Å². The largest absolute Gasteiger partial charge is 0.457 e. The molecule has 0 bridgehead atoms. The SMILES string of the molecule is CS(=O)(=O)Nc1ccc(/C=C/C(=O)NCc2cccc(Oc3ccccc3)c2)cc1. The van der Waals surface area contributed by atoms with Gasteiger partial charge in [-0.25, -0.2) is 8.42 Å². The van der Waals surface area contributed by atoms with Crippen molar-refractivity contribution < 1.29 is 17.9 Å². The van der Waals surface area contributed by atoms with Gasteiger partial charge in [0, 0.05) is 18.3 Å². The van der Waals surface area contributed by atoms with Crippen molar-refractivity contribution in [3.05, 3.63) is 96.1 Å². The molecule has 3 rings (SSSR count). The first-order valence-corrected chi connectivity index (χ1v) is 11.1. The molecule has 7 heteroatoms. The quantitative estimate of drug-likeness (QED) is 0.534. The number of nitrogens with one attached hydrogen (secondary N) is 2. The Labute approximate surface area is 176 Å². The topological polar surface area (TPSA) is 84.5 Å². The number of hydrogen-bond donors (Lipinski definition) is 2. The molecule has 30 heavy (non-hydrogen) atoms. The van der Waals surface area contributed by atoms with E-state index in [0.29, 0.717) is 18.0 Å². The second kappa shape index (κ2) is 9.76. The number of hydrogen-bond acceptors (Lipinski definition) is 4. The highest BCUT2D eigenvalue weighted by Gasteiger charge is 2.02. The lowest BCUT2D eigenvalue weighted by molar-refractivity contribution is -0.116. The molecule has 0 atom stereocenters. The average Bonchev–Trinajstić information content (AvgIpc) is 2.72. The fraction of sp³-hybridized carbons (Fsp3) is 0.0870. The number of rotatable bonds is 8. The summed E-state index contributed by atoms with van der Waals surface area (Å²) in [6.45, 7) is 0.367. The summed E-state index contributed by atoms with van der Waals surface area (Å²) in [6, 6.07) is 23.7. The predicted octanol–water partition coefficient (Wildman–Crippen LogP) is 4.18. The summed E-state index contributed by atoms with van der Waals surface area (Å²) in [6.07, 6.45) is 4.19. The van der Waals surface area contributed by atoms with Crippen LogP contribution in [-0.4, -0.2) is 20.6 Å². The van der Waals surface area contributed by atoms with Gasteiger partial charge in [0.25, 0.3) is 0 Å². The standard InChI is InChI=1S/C23H22N2O4S/c1-30(27,28)25-20-13-10-18(11-14-20)12-15-23(26)24-17-19-6-5-9-22(16-19)29-21-7-3-2-4-8-21/h2-16,25H,17H2,1H3,(H,24,26)/b15-12+. The molecule has 0 fully saturated rings. The van der Waals surface area contributed by atoms with Gasteiger partial charge in [-0.2, -0.15) is 0 Å². The molecule has 0 aliphatic carbocycles. The Bertz CT molecular complexity index is 1130. The number of carbonyl (C=O) groups excluding carboxylic acids is 1. The Hall–Kier alpha value is -3.58. The molecule has 6 nitrogen and oxygen atoms in total. The first-order valence-electron chi connectivity index (χ1n) is 9.23. The van der Waals surface area contributed by atoms with E-state index in [1.807, 2.05) is 54.6 Å². The minimum Gasteiger partial charge on any atom is -0.457 e. The molecular formula is C23H22N2O4S. The summed E-state index contributed by atoms with van der Waals surface area (Å²) >= 11 is 0. The fourth-order valence-electron chi connectivity index (χ4n) is 2.64. The second-order valence-electron chi connectivity index (χ2n) is 6.61. The van der Waals surface area contributed by atoms with Crippen LogP contribution in [0.5, 0.6) is 11.5 Å². The van der Waals surface area contributed by atoms with Gasteiger partial charge in [0.15, 0.2) is 0 Å². The fourth-order valence-corrected chi connectivity index (χ4v) is 3.20. The van der Waals surface area contributed by atoms with Crippen LogP contribution >= 0.6 is 0 Å². The molecule has 0 spiro atoms. The third kappa shape index (κ3) is 7.10. The van der Waals surface area contributed by atoms with E-state index in [2.05, 4.69) is 10.0 Å². The van der Waals surface area contributed by atoms with Gasteiger partial charge in [-0.15, -0.1) is 0 Å². The van der Waals surface area contributed by atoms with Gasteiger partial charge in [0.05, 0.1) is 6.26 Å². The smallest absolute Gasteiger partial charge is 0.244 e. The van der Waals surface area contributed by atoms with Crippen LogP contribution in [0, 0.1) is 0 Å². The summed E-state index contributed by atoms with van der Waals surface area (Å²) < 4.78 is 30.6. The maximum absolute atomic E-state index is 12.1. The molecule has 2 N–H and O–H groups in total. The van der Waals surface area contributed by atoms with Crippen LogP contribution in [0.4, 0.5) is 5.69 Å². The molecule has 0 aromatic heterocycles. The Morgan fingerprint density at radius 1 is 0.933 bits per heavy atom. The molecule has 0 unspecified atom stereocenters. The molecule has 3 aromatic rings. The van der Waals surface area contributed by atoms with Crippen LogP contribution in [0.1, 0.15) is 11.1 Å². The summed E-state index contributed by atoms with van der Waals surface area (Å²) in [5.74, 6) is 1.22. The maximum Gasteiger partial charge on any atom is 0.244 e. The van der Waals surface area contributed by atoms with E-state index < -0.39 is 10.0 Å². The van der Waals surface area contributed by atoms with E-state index in [4.69, 9.17) is 4.74 Å². The monoisotopic (exact) mass is 422 g/mol. The average molecular weight is 423 g/mol. The van der Waals surface area contributed by atoms with Crippen LogP contribution in [0.15, 0.2) is 84.9 Å². The third-order valence-electron chi connectivity index (χ3n) is 3.99. The van der Waals surface area contributed by atoms with Gasteiger partial charge in [-0.3, -0.25) is 9.52 Å². The van der Waals surface area contributed by atoms with E-state index in [0.717, 1.165) is 23.1 Å². The molecule has 0 aliphatic heterocycles. The summed E-state index contributed by atoms with van der Waals surface area (Å²) in [4.78, 5) is 12.1. The van der Waals surface area contributed by atoms with Crippen molar-refractivity contribution in [1.29, 1.82) is 0 Å². The van der Waals surface area contributed by atoms with Crippen molar-refractivity contribution in [2.24, 2.45) is 0 Å². The number of benzene rings is 3. The van der Waals surface area contributed by atoms with Crippen LogP contribution in [-0.2, 0) is 21.4 Å². The highest BCUT2D eigenvalue weighted by molar-refractivity contribution is 7.92. The normalized spacial score (nSPS) is 11.2. The van der Waals surface area contributed by atoms with Crippen molar-refractivity contribution >= 4 is 27.7 Å². The van der Waals surface area contributed by atoms with Gasteiger partial charge in [-0.1, -0.05) is 42.5 Å². The number of carbonyl (C=O) groups is 1. The van der Waals surface area contributed by atoms with Crippen molar-refractivity contribution in [3.8, 4) is 11.5 Å². The minimum atomic E-state index is -3.31. The van der Waals surface area contributed by atoms with Crippen molar-refractivity contribution in [2.45, 2.75) is 6.54 Å². The van der Waals surface area contributed by atoms with Gasteiger partial charge in [0.1, 0.15) is 11.5 Å². The molecule has 0 saturated heterocycles. The van der Waals surface area contributed by atoms with E-state index in [1.165, 1.54) is 6.08 Å². The van der Waals surface area contributed by atoms with E-state index >= 15 is 0 Å². The Morgan fingerprint density at radius 3 is 2.33 bits per heavy atom. The molecule has 154 valence electrons. The maximum atomic E-state index is 12.1. The third-order valence-corrected chi connectivity index (χ3v) is 4.59. The Kier molecular flexibility index (Phi) is 6.87. The first-order chi connectivity index (χ1) is 14.4. The highest BCUT2D eigenvalue weighted by Crippen LogP contribution is 2.21. The van der Waals surface area contributed by atoms with Gasteiger partial charge in [-0.05, 0) is 53.6 Å². The molecule has 0 saturated carbocycles. The van der Waals surface area contributed by atoms with Crippen molar-refractivity contribution in [1.82, 2.24) is 5.32 Å². The van der Waals surface area contributed by atoms with Crippen molar-refractivity contribution in [2.75, 3.05) is 11.0 Å². The first kappa shape index (κ1) is 21.1. The molecule has 0 radical (unpaired) electrons. The lowest BCUT2D eigenvalue weighted by Crippen LogP contribution is -2.20. The van der Waals surface area contributed by atoms with Crippen LogP contribution in [0.2, 0.25) is 0 Å². The predicted molar refractivity (Wildman–Crippen MR) is 119 cm³/mol. The minimum absolute atomic E-state index is 0.234. The number of ether oxygens (including phenoxy) is 1. The highest BCUT2D eigenvalue weighted by atomic mass is 32.2. The number of anilines is 1. The zero-order chi connectivity index (χ0) is 21.4. The van der Waals surface area contributed by atoms with Gasteiger partial charge < -0.3 is 10.1 Å². The lowest BCUT2D eigenvalue weighted by atomic mass is 10.2. The number of para-hydroxylation sites is 1. The zero-order valence-electron chi connectivity index (χ0n) is 16.4. The Balaban J connectivity index is 1.52. The molecule has 0 aliphatic rings. The molecule has 3 aromatic carbocycles. The zero-order valence-corrected chi connectivity index (χ0v) is 17.2. The van der Waals surface area contributed by atoms with E-state index in [9.17, 15) is 13.2 Å². The second-order valence-corrected chi connectivity index (χ2v) is 8.36. The molecule has 0 heterocycles. The number of sulfonamides is 1. The Morgan fingerprint density at radius 2 is 1.63 bits per heavy atom. The van der Waals surface area contributed by atoms with Crippen LogP contribution in [0.3, 0.4) is 0 Å². The summed E-state index contributed by atoms with van der Waals surface area (Å²) in [5, 5.41) is 2.83. The summed E-state index contributed by atoms with van der Waals surface area (Å²) in [5.41, 5.74) is 2.17. The van der Waals surface area contributed by atoms with E-state index in [-0.39, 0.29) is 5.91 Å². The van der Waals surface area contributed by atoms with Crippen molar-refractivity contribution in [3.63, 3.8) is 0 Å². The molecular weight excluding hydrogens is 400 g/mol.